The highest BCUT2D eigenvalue weighted by molar-refractivity contribution is 7.89. The van der Waals surface area contributed by atoms with Gasteiger partial charge in [-0.3, -0.25) is 4.79 Å². The summed E-state index contributed by atoms with van der Waals surface area (Å²) in [6.07, 6.45) is 0. The van der Waals surface area contributed by atoms with Crippen molar-refractivity contribution in [2.24, 2.45) is 0 Å². The zero-order valence-corrected chi connectivity index (χ0v) is 18.3. The van der Waals surface area contributed by atoms with E-state index in [1.54, 1.807) is 23.1 Å². The number of anilines is 1. The van der Waals surface area contributed by atoms with Crippen LogP contribution >= 0.6 is 0 Å². The van der Waals surface area contributed by atoms with E-state index in [0.29, 0.717) is 42.6 Å². The molecule has 3 rings (SSSR count). The normalized spacial score (nSPS) is 15.6. The molecule has 29 heavy (non-hydrogen) atoms. The smallest absolute Gasteiger partial charge is 0.254 e. The average molecular weight is 416 g/mol. The molecular formula is C22H29N3O3S. The Bertz CT molecular complexity index is 961. The first-order valence-electron chi connectivity index (χ1n) is 9.87. The molecule has 0 saturated carbocycles. The first-order valence-corrected chi connectivity index (χ1v) is 11.3. The van der Waals surface area contributed by atoms with Crippen molar-refractivity contribution < 1.29 is 13.2 Å². The molecule has 1 saturated heterocycles. The van der Waals surface area contributed by atoms with Gasteiger partial charge in [0.05, 0.1) is 4.90 Å². The minimum atomic E-state index is -3.55. The van der Waals surface area contributed by atoms with E-state index in [1.807, 2.05) is 49.3 Å². The lowest BCUT2D eigenvalue weighted by molar-refractivity contribution is 0.0698. The molecule has 1 aliphatic rings. The monoisotopic (exact) mass is 415 g/mol. The number of hydrogen-bond acceptors (Lipinski definition) is 4. The van der Waals surface area contributed by atoms with Gasteiger partial charge >= 0.3 is 0 Å². The second kappa shape index (κ2) is 8.55. The minimum Gasteiger partial charge on any atom is -0.378 e. The molecule has 1 aliphatic heterocycles. The summed E-state index contributed by atoms with van der Waals surface area (Å²) in [7, 11) is 0.315. The third-order valence-electron chi connectivity index (χ3n) is 5.32. The third kappa shape index (κ3) is 4.62. The molecular weight excluding hydrogens is 386 g/mol. The van der Waals surface area contributed by atoms with Crippen LogP contribution in [-0.4, -0.2) is 63.8 Å². The van der Waals surface area contributed by atoms with Crippen LogP contribution in [0.25, 0.3) is 0 Å². The molecule has 0 N–H and O–H groups in total. The fraction of sp³-hybridized carbons (Fsp3) is 0.409. The lowest BCUT2D eigenvalue weighted by Gasteiger charge is -2.34. The van der Waals surface area contributed by atoms with E-state index in [1.165, 1.54) is 4.31 Å². The Kier molecular flexibility index (Phi) is 6.29. The van der Waals surface area contributed by atoms with Gasteiger partial charge in [0.2, 0.25) is 10.0 Å². The molecule has 1 fully saturated rings. The van der Waals surface area contributed by atoms with Gasteiger partial charge in [-0.25, -0.2) is 8.42 Å². The van der Waals surface area contributed by atoms with Gasteiger partial charge in [-0.05, 0) is 41.8 Å². The van der Waals surface area contributed by atoms with Gasteiger partial charge in [-0.2, -0.15) is 4.31 Å². The zero-order chi connectivity index (χ0) is 21.2. The maximum Gasteiger partial charge on any atom is 0.254 e. The molecule has 2 aromatic carbocycles. The van der Waals surface area contributed by atoms with Crippen LogP contribution in [0.5, 0.6) is 0 Å². The Morgan fingerprint density at radius 1 is 0.966 bits per heavy atom. The van der Waals surface area contributed by atoms with E-state index >= 15 is 0 Å². The molecule has 2 aromatic rings. The van der Waals surface area contributed by atoms with Crippen molar-refractivity contribution in [1.29, 1.82) is 0 Å². The highest BCUT2D eigenvalue weighted by atomic mass is 32.2. The summed E-state index contributed by atoms with van der Waals surface area (Å²) < 4.78 is 27.4. The highest BCUT2D eigenvalue weighted by Crippen LogP contribution is 2.22. The van der Waals surface area contributed by atoms with Crippen molar-refractivity contribution in [3.05, 3.63) is 59.7 Å². The molecule has 1 amide bonds. The Morgan fingerprint density at radius 2 is 1.59 bits per heavy atom. The van der Waals surface area contributed by atoms with Gasteiger partial charge in [-0.1, -0.05) is 32.0 Å². The van der Waals surface area contributed by atoms with Gasteiger partial charge in [0.25, 0.3) is 5.91 Å². The Balaban J connectivity index is 1.68. The molecule has 0 radical (unpaired) electrons. The predicted molar refractivity (Wildman–Crippen MR) is 116 cm³/mol. The summed E-state index contributed by atoms with van der Waals surface area (Å²) >= 11 is 0. The third-order valence-corrected chi connectivity index (χ3v) is 7.23. The van der Waals surface area contributed by atoms with Crippen LogP contribution in [0.1, 0.15) is 35.7 Å². The van der Waals surface area contributed by atoms with Crippen molar-refractivity contribution in [3.63, 3.8) is 0 Å². The maximum absolute atomic E-state index is 13.0. The van der Waals surface area contributed by atoms with Gasteiger partial charge in [-0.15, -0.1) is 0 Å². The quantitative estimate of drug-likeness (QED) is 0.753. The highest BCUT2D eigenvalue weighted by Gasteiger charge is 2.30. The topological polar surface area (TPSA) is 60.9 Å². The van der Waals surface area contributed by atoms with Gasteiger partial charge < -0.3 is 9.80 Å². The molecule has 0 aliphatic carbocycles. The lowest BCUT2D eigenvalue weighted by Crippen LogP contribution is -2.50. The second-order valence-corrected chi connectivity index (χ2v) is 9.80. The standard InChI is InChI=1S/C22H29N3O3S/c1-17(2)18-8-10-21(11-9-18)29(27,28)25-14-12-24(13-15-25)22(26)19-6-5-7-20(16-19)23(3)4/h5-11,16-17H,12-15H2,1-4H3. The fourth-order valence-corrected chi connectivity index (χ4v) is 4.83. The molecule has 0 aromatic heterocycles. The predicted octanol–water partition coefficient (Wildman–Crippen LogP) is 3.02. The number of nitrogens with zero attached hydrogens (tertiary/aromatic N) is 3. The summed E-state index contributed by atoms with van der Waals surface area (Å²) in [5.74, 6) is 0.291. The van der Waals surface area contributed by atoms with E-state index < -0.39 is 10.0 Å². The van der Waals surface area contributed by atoms with Crippen LogP contribution in [0.15, 0.2) is 53.4 Å². The first kappa shape index (κ1) is 21.3. The number of rotatable bonds is 5. The summed E-state index contributed by atoms with van der Waals surface area (Å²) in [5, 5.41) is 0. The number of carbonyl (C=O) groups excluding carboxylic acids is 1. The Hall–Kier alpha value is -2.38. The molecule has 0 atom stereocenters. The van der Waals surface area contributed by atoms with E-state index in [2.05, 4.69) is 13.8 Å². The summed E-state index contributed by atoms with van der Waals surface area (Å²) in [6, 6.07) is 14.6. The SMILES string of the molecule is CC(C)c1ccc(S(=O)(=O)N2CCN(C(=O)c3cccc(N(C)C)c3)CC2)cc1. The number of amides is 1. The van der Waals surface area contributed by atoms with Crippen LogP contribution < -0.4 is 4.90 Å². The number of carbonyl (C=O) groups is 1. The van der Waals surface area contributed by atoms with E-state index in [4.69, 9.17) is 0 Å². The molecule has 0 bridgehead atoms. The summed E-state index contributed by atoms with van der Waals surface area (Å²) in [5.41, 5.74) is 2.69. The Morgan fingerprint density at radius 3 is 2.14 bits per heavy atom. The van der Waals surface area contributed by atoms with Crippen molar-refractivity contribution in [2.75, 3.05) is 45.2 Å². The minimum absolute atomic E-state index is 0.0629. The largest absolute Gasteiger partial charge is 0.378 e. The molecule has 156 valence electrons. The maximum atomic E-state index is 13.0. The van der Waals surface area contributed by atoms with Crippen LogP contribution in [0.2, 0.25) is 0 Å². The fourth-order valence-electron chi connectivity index (χ4n) is 3.41. The van der Waals surface area contributed by atoms with Crippen LogP contribution in [0.4, 0.5) is 5.69 Å². The van der Waals surface area contributed by atoms with Crippen molar-refractivity contribution >= 4 is 21.6 Å². The number of benzene rings is 2. The molecule has 7 heteroatoms. The van der Waals surface area contributed by atoms with Gasteiger partial charge in [0.15, 0.2) is 0 Å². The molecule has 0 spiro atoms. The Labute approximate surface area is 173 Å². The van der Waals surface area contributed by atoms with Crippen LogP contribution in [0.3, 0.4) is 0 Å². The summed E-state index contributed by atoms with van der Waals surface area (Å²) in [4.78, 5) is 16.8. The lowest BCUT2D eigenvalue weighted by atomic mass is 10.0. The number of sulfonamides is 1. The number of piperazine rings is 1. The van der Waals surface area contributed by atoms with E-state index in [0.717, 1.165) is 11.3 Å². The molecule has 0 unspecified atom stereocenters. The molecule has 6 nitrogen and oxygen atoms in total. The number of hydrogen-bond donors (Lipinski definition) is 0. The molecule has 1 heterocycles. The first-order chi connectivity index (χ1) is 13.7. The van der Waals surface area contributed by atoms with Crippen LogP contribution in [0, 0.1) is 0 Å². The second-order valence-electron chi connectivity index (χ2n) is 7.86. The summed E-state index contributed by atoms with van der Waals surface area (Å²) in [6.45, 7) is 5.52. The van der Waals surface area contributed by atoms with E-state index in [-0.39, 0.29) is 5.91 Å². The van der Waals surface area contributed by atoms with Crippen molar-refractivity contribution in [2.45, 2.75) is 24.7 Å². The van der Waals surface area contributed by atoms with Gasteiger partial charge in [0.1, 0.15) is 0 Å². The zero-order valence-electron chi connectivity index (χ0n) is 17.5. The van der Waals surface area contributed by atoms with Crippen molar-refractivity contribution in [1.82, 2.24) is 9.21 Å². The van der Waals surface area contributed by atoms with Crippen LogP contribution in [-0.2, 0) is 10.0 Å². The van der Waals surface area contributed by atoms with E-state index in [9.17, 15) is 13.2 Å². The van der Waals surface area contributed by atoms with Gasteiger partial charge in [0, 0.05) is 51.5 Å². The van der Waals surface area contributed by atoms with Crippen molar-refractivity contribution in [3.8, 4) is 0 Å². The average Bonchev–Trinajstić information content (AvgIpc) is 2.73.